The standard InChI is InChI=1S/C12H27NO3S/c1-10(2)13-9-12(6,14)7-8-17(15,16)11(3,4)5/h10,13-14H,7-9H2,1-6H3. The summed E-state index contributed by atoms with van der Waals surface area (Å²) < 4.78 is 23.1. The van der Waals surface area contributed by atoms with Gasteiger partial charge >= 0.3 is 0 Å². The van der Waals surface area contributed by atoms with Crippen molar-refractivity contribution < 1.29 is 13.5 Å². The van der Waals surface area contributed by atoms with Crippen LogP contribution in [0, 0.1) is 0 Å². The highest BCUT2D eigenvalue weighted by atomic mass is 32.2. The Morgan fingerprint density at radius 3 is 2.00 bits per heavy atom. The van der Waals surface area contributed by atoms with Gasteiger partial charge in [-0.15, -0.1) is 0 Å². The Hall–Kier alpha value is -0.130. The normalized spacial score (nSPS) is 17.2. The van der Waals surface area contributed by atoms with E-state index in [1.807, 2.05) is 13.8 Å². The van der Waals surface area contributed by atoms with Gasteiger partial charge < -0.3 is 10.4 Å². The average Bonchev–Trinajstić information content (AvgIpc) is 2.11. The van der Waals surface area contributed by atoms with E-state index >= 15 is 0 Å². The summed E-state index contributed by atoms with van der Waals surface area (Å²) in [6.45, 7) is 11.1. The third-order valence-electron chi connectivity index (χ3n) is 2.73. The second-order valence-electron chi connectivity index (χ2n) is 6.21. The molecule has 0 aliphatic rings. The van der Waals surface area contributed by atoms with E-state index in [1.165, 1.54) is 0 Å². The molecule has 2 N–H and O–H groups in total. The summed E-state index contributed by atoms with van der Waals surface area (Å²) >= 11 is 0. The van der Waals surface area contributed by atoms with E-state index in [-0.39, 0.29) is 18.2 Å². The Labute approximate surface area is 106 Å². The Bertz CT molecular complexity index is 326. The molecular formula is C12H27NO3S. The lowest BCUT2D eigenvalue weighted by atomic mass is 10.0. The van der Waals surface area contributed by atoms with Gasteiger partial charge in [0.25, 0.3) is 0 Å². The monoisotopic (exact) mass is 265 g/mol. The molecule has 0 bridgehead atoms. The van der Waals surface area contributed by atoms with Crippen LogP contribution >= 0.6 is 0 Å². The predicted molar refractivity (Wildman–Crippen MR) is 71.9 cm³/mol. The van der Waals surface area contributed by atoms with Crippen LogP contribution in [0.2, 0.25) is 0 Å². The van der Waals surface area contributed by atoms with Gasteiger partial charge in [-0.25, -0.2) is 8.42 Å². The van der Waals surface area contributed by atoms with Crippen LogP contribution in [-0.4, -0.2) is 42.2 Å². The van der Waals surface area contributed by atoms with Crippen molar-refractivity contribution in [2.24, 2.45) is 0 Å². The van der Waals surface area contributed by atoms with E-state index in [9.17, 15) is 13.5 Å². The molecule has 1 atom stereocenters. The minimum Gasteiger partial charge on any atom is -0.389 e. The second-order valence-corrected chi connectivity index (χ2v) is 9.08. The van der Waals surface area contributed by atoms with Crippen LogP contribution in [0.3, 0.4) is 0 Å². The van der Waals surface area contributed by atoms with Crippen molar-refractivity contribution in [1.29, 1.82) is 0 Å². The second kappa shape index (κ2) is 5.67. The molecule has 0 fully saturated rings. The van der Waals surface area contributed by atoms with Crippen molar-refractivity contribution in [2.45, 2.75) is 64.4 Å². The lowest BCUT2D eigenvalue weighted by molar-refractivity contribution is 0.0545. The van der Waals surface area contributed by atoms with Crippen molar-refractivity contribution in [3.63, 3.8) is 0 Å². The van der Waals surface area contributed by atoms with Gasteiger partial charge in [0.05, 0.1) is 16.1 Å². The fourth-order valence-corrected chi connectivity index (χ4v) is 2.49. The third kappa shape index (κ3) is 6.38. The van der Waals surface area contributed by atoms with Crippen LogP contribution in [0.4, 0.5) is 0 Å². The van der Waals surface area contributed by atoms with Gasteiger partial charge in [-0.2, -0.15) is 0 Å². The van der Waals surface area contributed by atoms with E-state index in [2.05, 4.69) is 5.32 Å². The zero-order valence-corrected chi connectivity index (χ0v) is 12.7. The van der Waals surface area contributed by atoms with Gasteiger partial charge in [0.2, 0.25) is 0 Å². The van der Waals surface area contributed by atoms with Crippen LogP contribution < -0.4 is 5.32 Å². The predicted octanol–water partition coefficient (Wildman–Crippen LogP) is 1.34. The largest absolute Gasteiger partial charge is 0.389 e. The van der Waals surface area contributed by atoms with E-state index < -0.39 is 20.2 Å². The Kier molecular flexibility index (Phi) is 5.63. The first kappa shape index (κ1) is 16.9. The van der Waals surface area contributed by atoms with Gasteiger partial charge in [0, 0.05) is 12.6 Å². The van der Waals surface area contributed by atoms with Crippen molar-refractivity contribution in [3.05, 3.63) is 0 Å². The van der Waals surface area contributed by atoms with Crippen LogP contribution in [0.1, 0.15) is 48.0 Å². The molecule has 4 nitrogen and oxygen atoms in total. The van der Waals surface area contributed by atoms with Crippen molar-refractivity contribution in [3.8, 4) is 0 Å². The number of hydrogen-bond acceptors (Lipinski definition) is 4. The van der Waals surface area contributed by atoms with Gasteiger partial charge in [0.15, 0.2) is 9.84 Å². The molecule has 0 aromatic carbocycles. The number of aliphatic hydroxyl groups is 1. The molecule has 0 rings (SSSR count). The lowest BCUT2D eigenvalue weighted by Gasteiger charge is -2.27. The minimum atomic E-state index is -3.16. The summed E-state index contributed by atoms with van der Waals surface area (Å²) in [4.78, 5) is 0. The maximum Gasteiger partial charge on any atom is 0.155 e. The summed E-state index contributed by atoms with van der Waals surface area (Å²) in [6, 6.07) is 0.278. The molecule has 0 saturated heterocycles. The Balaban J connectivity index is 4.37. The Morgan fingerprint density at radius 2 is 1.65 bits per heavy atom. The average molecular weight is 265 g/mol. The third-order valence-corrected chi connectivity index (χ3v) is 5.34. The number of nitrogens with one attached hydrogen (secondary N) is 1. The maximum absolute atomic E-state index is 11.9. The van der Waals surface area contributed by atoms with Gasteiger partial charge in [-0.05, 0) is 34.1 Å². The molecule has 0 saturated carbocycles. The van der Waals surface area contributed by atoms with Crippen molar-refractivity contribution in [1.82, 2.24) is 5.32 Å². The fraction of sp³-hybridized carbons (Fsp3) is 1.00. The van der Waals surface area contributed by atoms with Crippen LogP contribution in [0.25, 0.3) is 0 Å². The highest BCUT2D eigenvalue weighted by molar-refractivity contribution is 7.92. The number of sulfone groups is 1. The number of rotatable bonds is 6. The number of hydrogen-bond donors (Lipinski definition) is 2. The molecule has 5 heteroatoms. The minimum absolute atomic E-state index is 0.0171. The molecule has 0 aliphatic carbocycles. The molecule has 0 aromatic heterocycles. The molecule has 0 radical (unpaired) electrons. The molecular weight excluding hydrogens is 238 g/mol. The summed E-state index contributed by atoms with van der Waals surface area (Å²) in [7, 11) is -3.16. The molecule has 1 unspecified atom stereocenters. The first-order valence-electron chi connectivity index (χ1n) is 6.05. The highest BCUT2D eigenvalue weighted by Gasteiger charge is 2.31. The zero-order chi connectivity index (χ0) is 13.9. The van der Waals surface area contributed by atoms with Crippen LogP contribution in [-0.2, 0) is 9.84 Å². The van der Waals surface area contributed by atoms with Gasteiger partial charge in [-0.3, -0.25) is 0 Å². The van der Waals surface area contributed by atoms with Crippen LogP contribution in [0.5, 0.6) is 0 Å². The van der Waals surface area contributed by atoms with Gasteiger partial charge in [-0.1, -0.05) is 13.8 Å². The summed E-state index contributed by atoms with van der Waals surface area (Å²) in [6.07, 6.45) is 0.256. The van der Waals surface area contributed by atoms with E-state index in [4.69, 9.17) is 0 Å². The quantitative estimate of drug-likeness (QED) is 0.760. The van der Waals surface area contributed by atoms with Gasteiger partial charge in [0.1, 0.15) is 0 Å². The smallest absolute Gasteiger partial charge is 0.155 e. The summed E-state index contributed by atoms with van der Waals surface area (Å²) in [5, 5.41) is 13.2. The van der Waals surface area contributed by atoms with E-state index in [1.54, 1.807) is 27.7 Å². The first-order chi connectivity index (χ1) is 7.37. The zero-order valence-electron chi connectivity index (χ0n) is 11.9. The molecule has 0 aromatic rings. The maximum atomic E-state index is 11.9. The lowest BCUT2D eigenvalue weighted by Crippen LogP contribution is -2.43. The fourth-order valence-electron chi connectivity index (χ4n) is 1.17. The van der Waals surface area contributed by atoms with Crippen LogP contribution in [0.15, 0.2) is 0 Å². The SMILES string of the molecule is CC(C)NCC(C)(O)CCS(=O)(=O)C(C)(C)C. The topological polar surface area (TPSA) is 66.4 Å². The molecule has 0 amide bonds. The summed E-state index contributed by atoms with van der Waals surface area (Å²) in [5.41, 5.74) is -0.984. The molecule has 104 valence electrons. The van der Waals surface area contributed by atoms with Crippen molar-refractivity contribution >= 4 is 9.84 Å². The van der Waals surface area contributed by atoms with E-state index in [0.717, 1.165) is 0 Å². The van der Waals surface area contributed by atoms with Crippen molar-refractivity contribution in [2.75, 3.05) is 12.3 Å². The van der Waals surface area contributed by atoms with E-state index in [0.29, 0.717) is 6.54 Å². The molecule has 0 spiro atoms. The highest BCUT2D eigenvalue weighted by Crippen LogP contribution is 2.20. The molecule has 0 aliphatic heterocycles. The molecule has 17 heavy (non-hydrogen) atoms. The summed E-state index contributed by atoms with van der Waals surface area (Å²) in [5.74, 6) is 0.0171. The Morgan fingerprint density at radius 1 is 1.18 bits per heavy atom. The first-order valence-corrected chi connectivity index (χ1v) is 7.71. The molecule has 0 heterocycles.